The molecule has 178 valence electrons. The van der Waals surface area contributed by atoms with Gasteiger partial charge in [0.05, 0.1) is 13.2 Å². The molecule has 7 N–H and O–H groups in total. The molecule has 0 amide bonds. The van der Waals surface area contributed by atoms with E-state index in [-0.39, 0.29) is 19.0 Å². The van der Waals surface area contributed by atoms with Crippen LogP contribution in [0, 0.1) is 0 Å². The maximum absolute atomic E-state index is 12.4. The Labute approximate surface area is 183 Å². The number of aliphatic hydroxyl groups excluding tert-OH is 2. The summed E-state index contributed by atoms with van der Waals surface area (Å²) in [5.74, 6) is -2.00. The summed E-state index contributed by atoms with van der Waals surface area (Å²) < 4.78 is 17.6. The molecule has 0 aliphatic carbocycles. The van der Waals surface area contributed by atoms with Crippen molar-refractivity contribution in [1.82, 2.24) is 9.55 Å². The quantitative estimate of drug-likeness (QED) is 0.197. The summed E-state index contributed by atoms with van der Waals surface area (Å²) in [6, 6.07) is 1.36. The maximum atomic E-state index is 12.4. The van der Waals surface area contributed by atoms with E-state index in [1.165, 1.54) is 37.9 Å². The highest BCUT2D eigenvalue weighted by atomic mass is 31.2. The minimum atomic E-state index is -2.18. The van der Waals surface area contributed by atoms with Crippen LogP contribution in [0.2, 0.25) is 0 Å². The van der Waals surface area contributed by atoms with Gasteiger partial charge in [-0.2, -0.15) is 4.98 Å². The SMILES string of the molecule is CCCCCCCCCCO[C@@]1(n2ccc(N)nc2=O)O[C@H](COP(N)O)[C@@H](O)[C@H]1O. The third-order valence-electron chi connectivity index (χ3n) is 5.24. The van der Waals surface area contributed by atoms with Crippen LogP contribution in [-0.2, 0) is 19.9 Å². The van der Waals surface area contributed by atoms with Crippen LogP contribution in [-0.4, -0.2) is 56.2 Å². The number of aliphatic hydroxyl groups is 2. The van der Waals surface area contributed by atoms with E-state index in [1.807, 2.05) is 0 Å². The van der Waals surface area contributed by atoms with Crippen molar-refractivity contribution in [3.63, 3.8) is 0 Å². The molecule has 1 aliphatic heterocycles. The number of ether oxygens (including phenoxy) is 2. The third kappa shape index (κ3) is 7.16. The van der Waals surface area contributed by atoms with Crippen LogP contribution in [0.25, 0.3) is 0 Å². The van der Waals surface area contributed by atoms with Gasteiger partial charge in [-0.05, 0) is 12.5 Å². The van der Waals surface area contributed by atoms with Gasteiger partial charge < -0.3 is 34.8 Å². The van der Waals surface area contributed by atoms with E-state index >= 15 is 0 Å². The molecule has 0 spiro atoms. The lowest BCUT2D eigenvalue weighted by Crippen LogP contribution is -2.52. The van der Waals surface area contributed by atoms with Gasteiger partial charge in [-0.3, -0.25) is 5.50 Å². The molecule has 0 bridgehead atoms. The van der Waals surface area contributed by atoms with Crippen molar-refractivity contribution < 1.29 is 29.1 Å². The van der Waals surface area contributed by atoms with Gasteiger partial charge in [-0.1, -0.05) is 51.9 Å². The van der Waals surface area contributed by atoms with Crippen LogP contribution < -0.4 is 16.9 Å². The third-order valence-corrected chi connectivity index (χ3v) is 5.65. The number of nitrogen functional groups attached to an aromatic ring is 1. The standard InChI is InChI=1S/C19H35N4O7P/c1-2-3-4-5-6-7-8-9-12-28-19(23-11-10-15(20)22-18(23)26)17(25)16(24)14(30-19)13-29-31(21)27/h10-11,14,16-17,24-25,27H,2-9,12-13,21H2,1H3,(H2,20,22,26)/t14-,16-,17-,19-,31?/m1/s1. The van der Waals surface area contributed by atoms with E-state index in [9.17, 15) is 19.9 Å². The lowest BCUT2D eigenvalue weighted by Gasteiger charge is -2.33. The first-order valence-electron chi connectivity index (χ1n) is 10.7. The summed E-state index contributed by atoms with van der Waals surface area (Å²) in [6.07, 6.45) is 5.86. The van der Waals surface area contributed by atoms with Crippen LogP contribution in [0.5, 0.6) is 0 Å². The molecule has 0 radical (unpaired) electrons. The first-order valence-corrected chi connectivity index (χ1v) is 12.0. The second-order valence-corrected chi connectivity index (χ2v) is 8.51. The van der Waals surface area contributed by atoms with E-state index < -0.39 is 38.4 Å². The smallest absolute Gasteiger partial charge is 0.353 e. The van der Waals surface area contributed by atoms with Crippen LogP contribution >= 0.6 is 8.53 Å². The highest BCUT2D eigenvalue weighted by Gasteiger charge is 2.57. The Kier molecular flexibility index (Phi) is 10.7. The Bertz CT molecular complexity index is 723. The molecule has 2 heterocycles. The largest absolute Gasteiger partial charge is 0.387 e. The number of nitrogens with zero attached hydrogens (tertiary/aromatic N) is 2. The lowest BCUT2D eigenvalue weighted by molar-refractivity contribution is -0.317. The van der Waals surface area contributed by atoms with Gasteiger partial charge in [0, 0.05) is 6.20 Å². The molecule has 1 unspecified atom stereocenters. The fraction of sp³-hybridized carbons (Fsp3) is 0.789. The van der Waals surface area contributed by atoms with Crippen molar-refractivity contribution in [2.45, 2.75) is 82.5 Å². The normalized spacial score (nSPS) is 26.9. The van der Waals surface area contributed by atoms with E-state index in [4.69, 9.17) is 25.2 Å². The monoisotopic (exact) mass is 462 g/mol. The molecular weight excluding hydrogens is 427 g/mol. The molecule has 1 fully saturated rings. The van der Waals surface area contributed by atoms with E-state index in [0.29, 0.717) is 6.42 Å². The summed E-state index contributed by atoms with van der Waals surface area (Å²) in [5.41, 5.74) is 9.98. The molecule has 5 atom stereocenters. The Morgan fingerprint density at radius 3 is 2.48 bits per heavy atom. The second-order valence-electron chi connectivity index (χ2n) is 7.65. The van der Waals surface area contributed by atoms with Crippen molar-refractivity contribution in [2.24, 2.45) is 5.50 Å². The Balaban J connectivity index is 2.05. The molecule has 1 aromatic rings. The number of aromatic nitrogens is 2. The number of nitrogens with two attached hydrogens (primary N) is 2. The van der Waals surface area contributed by atoms with Gasteiger partial charge in [0.25, 0.3) is 5.91 Å². The number of hydrogen-bond acceptors (Lipinski definition) is 10. The first kappa shape index (κ1) is 26.1. The molecule has 31 heavy (non-hydrogen) atoms. The zero-order valence-electron chi connectivity index (χ0n) is 17.9. The molecule has 11 nitrogen and oxygen atoms in total. The molecule has 1 saturated heterocycles. The summed E-state index contributed by atoms with van der Waals surface area (Å²) in [7, 11) is -2.18. The molecule has 0 aromatic carbocycles. The van der Waals surface area contributed by atoms with Gasteiger partial charge >= 0.3 is 5.69 Å². The van der Waals surface area contributed by atoms with Gasteiger partial charge in [0.2, 0.25) is 8.53 Å². The summed E-state index contributed by atoms with van der Waals surface area (Å²) in [5, 5.41) is 21.2. The molecule has 0 saturated carbocycles. The molecule has 12 heteroatoms. The minimum Gasteiger partial charge on any atom is -0.387 e. The lowest BCUT2D eigenvalue weighted by atomic mass is 10.1. The van der Waals surface area contributed by atoms with E-state index in [2.05, 4.69) is 11.9 Å². The number of rotatable bonds is 14. The fourth-order valence-electron chi connectivity index (χ4n) is 3.55. The predicted octanol–water partition coefficient (Wildman–Crippen LogP) is 0.908. The number of anilines is 1. The van der Waals surface area contributed by atoms with Gasteiger partial charge in [0.1, 0.15) is 18.0 Å². The Morgan fingerprint density at radius 2 is 1.87 bits per heavy atom. The van der Waals surface area contributed by atoms with Gasteiger partial charge in [0.15, 0.2) is 6.10 Å². The zero-order valence-corrected chi connectivity index (χ0v) is 18.8. The average molecular weight is 462 g/mol. The average Bonchev–Trinajstić information content (AvgIpc) is 2.96. The second kappa shape index (κ2) is 12.8. The summed E-state index contributed by atoms with van der Waals surface area (Å²) >= 11 is 0. The van der Waals surface area contributed by atoms with Crippen LogP contribution in [0.3, 0.4) is 0 Å². The van der Waals surface area contributed by atoms with Crippen LogP contribution in [0.4, 0.5) is 5.82 Å². The molecule has 1 aromatic heterocycles. The Hall–Kier alpha value is -1.17. The van der Waals surface area contributed by atoms with Crippen molar-refractivity contribution >= 4 is 14.3 Å². The number of unbranched alkanes of at least 4 members (excludes halogenated alkanes) is 7. The first-order chi connectivity index (χ1) is 14.8. The highest BCUT2D eigenvalue weighted by Crippen LogP contribution is 2.37. The van der Waals surface area contributed by atoms with Crippen molar-refractivity contribution in [1.29, 1.82) is 0 Å². The molecule has 2 rings (SSSR count). The van der Waals surface area contributed by atoms with Crippen LogP contribution in [0.15, 0.2) is 17.1 Å². The van der Waals surface area contributed by atoms with Gasteiger partial charge in [-0.15, -0.1) is 0 Å². The summed E-state index contributed by atoms with van der Waals surface area (Å²) in [4.78, 5) is 25.3. The van der Waals surface area contributed by atoms with E-state index in [0.717, 1.165) is 23.8 Å². The summed E-state index contributed by atoms with van der Waals surface area (Å²) in [6.45, 7) is 2.07. The number of hydrogen-bond donors (Lipinski definition) is 5. The Morgan fingerprint density at radius 1 is 1.23 bits per heavy atom. The van der Waals surface area contributed by atoms with Crippen molar-refractivity contribution in [3.05, 3.63) is 22.7 Å². The zero-order chi connectivity index (χ0) is 22.9. The highest BCUT2D eigenvalue weighted by molar-refractivity contribution is 7.43. The minimum absolute atomic E-state index is 0.00134. The molecule has 1 aliphatic rings. The van der Waals surface area contributed by atoms with Crippen molar-refractivity contribution in [3.8, 4) is 0 Å². The fourth-order valence-corrected chi connectivity index (χ4v) is 3.85. The van der Waals surface area contributed by atoms with E-state index in [1.54, 1.807) is 0 Å². The maximum Gasteiger partial charge on any atom is 0.353 e. The predicted molar refractivity (Wildman–Crippen MR) is 116 cm³/mol. The molecular formula is C19H35N4O7P. The van der Waals surface area contributed by atoms with Crippen LogP contribution in [0.1, 0.15) is 58.3 Å². The van der Waals surface area contributed by atoms with Crippen molar-refractivity contribution in [2.75, 3.05) is 18.9 Å². The topological polar surface area (TPSA) is 175 Å². The van der Waals surface area contributed by atoms with Gasteiger partial charge in [-0.25, -0.2) is 9.36 Å².